The molecule has 2 aliphatic carbocycles. The molecule has 5 heteroatoms. The minimum Gasteiger partial charge on any atom is -0.491 e. The molecule has 1 spiro atoms. The minimum atomic E-state index is 0. The van der Waals surface area contributed by atoms with E-state index in [1.165, 1.54) is 24.0 Å². The molecule has 2 aliphatic heterocycles. The summed E-state index contributed by atoms with van der Waals surface area (Å²) in [5.41, 5.74) is 2.92. The van der Waals surface area contributed by atoms with Gasteiger partial charge in [0.15, 0.2) is 8.46 Å². The van der Waals surface area contributed by atoms with E-state index in [-0.39, 0.29) is 52.7 Å². The van der Waals surface area contributed by atoms with E-state index >= 15 is 0 Å². The van der Waals surface area contributed by atoms with Gasteiger partial charge in [-0.05, 0) is 36.1 Å². The number of benzene rings is 1. The molecule has 4 atom stereocenters. The molecule has 1 saturated carbocycles. The molecule has 1 N–H and O–H groups in total. The van der Waals surface area contributed by atoms with Gasteiger partial charge in [0.2, 0.25) is 0 Å². The van der Waals surface area contributed by atoms with E-state index in [2.05, 4.69) is 18.3 Å². The van der Waals surface area contributed by atoms with Gasteiger partial charge in [-0.15, -0.1) is 6.04 Å². The molecule has 22 heavy (non-hydrogen) atoms. The summed E-state index contributed by atoms with van der Waals surface area (Å²) in [6.45, 7) is 3.39. The van der Waals surface area contributed by atoms with Crippen molar-refractivity contribution in [2.75, 3.05) is 6.54 Å². The Labute approximate surface area is 158 Å². The number of ether oxygens (including phenoxy) is 1. The summed E-state index contributed by atoms with van der Waals surface area (Å²) in [6, 6.07) is 4.69. The SMILES string of the molecule is CC1CC[C-]2[C@H]3Cc4ccc(P=O)c5c4[C@@]2(CCN3)[C@H]1O5.[Y]. The Kier molecular flexibility index (Phi) is 3.81. The first kappa shape index (κ1) is 15.7. The Hall–Kier alpha value is 0.184. The zero-order valence-electron chi connectivity index (χ0n) is 12.8. The zero-order valence-corrected chi connectivity index (χ0v) is 16.5. The van der Waals surface area contributed by atoms with Gasteiger partial charge in [-0.1, -0.05) is 31.2 Å². The Balaban J connectivity index is 0.00000125. The van der Waals surface area contributed by atoms with Crippen molar-refractivity contribution in [3.05, 3.63) is 29.2 Å². The van der Waals surface area contributed by atoms with Gasteiger partial charge in [-0.2, -0.15) is 6.42 Å². The standard InChI is InChI=1S/C17H19NO2P.Y/c1-9-2-4-11-12-8-10-3-5-13(21-19)15-14(10)17(11,6-7-18-12)16(9)20-15;/h3,5,9,12,16,18H,2,4,6-8H2,1H3;/q-1;/t9?,12-,16+,17+;/m1./s1. The summed E-state index contributed by atoms with van der Waals surface area (Å²) in [5, 5.41) is 4.55. The topological polar surface area (TPSA) is 38.3 Å². The molecule has 1 radical (unpaired) electrons. The van der Waals surface area contributed by atoms with Crippen molar-refractivity contribution in [3.63, 3.8) is 0 Å². The fourth-order valence-corrected chi connectivity index (χ4v) is 5.81. The second-order valence-corrected chi connectivity index (χ2v) is 7.72. The third-order valence-corrected chi connectivity index (χ3v) is 6.76. The number of rotatable bonds is 1. The third-order valence-electron chi connectivity index (χ3n) is 6.21. The zero-order chi connectivity index (χ0) is 14.2. The Morgan fingerprint density at radius 2 is 2.32 bits per heavy atom. The molecule has 4 aliphatic rings. The molecule has 1 saturated heterocycles. The third kappa shape index (κ3) is 1.75. The molecule has 1 aromatic rings. The van der Waals surface area contributed by atoms with Crippen LogP contribution in [-0.2, 0) is 49.1 Å². The van der Waals surface area contributed by atoms with Crippen molar-refractivity contribution in [2.24, 2.45) is 5.92 Å². The monoisotopic (exact) mass is 389 g/mol. The van der Waals surface area contributed by atoms with Crippen LogP contribution in [0.4, 0.5) is 0 Å². The van der Waals surface area contributed by atoms with Crippen molar-refractivity contribution in [2.45, 2.75) is 50.2 Å². The largest absolute Gasteiger partial charge is 0.491 e. The molecule has 1 aromatic carbocycles. The minimum absolute atomic E-state index is 0. The first-order valence-corrected chi connectivity index (χ1v) is 8.83. The quantitative estimate of drug-likeness (QED) is 0.593. The summed E-state index contributed by atoms with van der Waals surface area (Å²) < 4.78 is 18.0. The molecular formula is C17H19NO2PY-. The van der Waals surface area contributed by atoms with E-state index in [0.717, 1.165) is 30.4 Å². The van der Waals surface area contributed by atoms with E-state index in [0.29, 0.717) is 12.0 Å². The average molecular weight is 389 g/mol. The second-order valence-electron chi connectivity index (χ2n) is 7.05. The van der Waals surface area contributed by atoms with Crippen LogP contribution in [0.5, 0.6) is 5.75 Å². The van der Waals surface area contributed by atoms with Crippen molar-refractivity contribution in [1.29, 1.82) is 0 Å². The first-order valence-electron chi connectivity index (χ1n) is 8.01. The maximum atomic E-state index is 11.5. The van der Waals surface area contributed by atoms with E-state index in [9.17, 15) is 4.57 Å². The van der Waals surface area contributed by atoms with Crippen molar-refractivity contribution < 1.29 is 42.0 Å². The predicted molar refractivity (Wildman–Crippen MR) is 81.5 cm³/mol. The van der Waals surface area contributed by atoms with Crippen LogP contribution in [0.25, 0.3) is 0 Å². The van der Waals surface area contributed by atoms with Gasteiger partial charge in [0.1, 0.15) is 5.75 Å². The van der Waals surface area contributed by atoms with Crippen LogP contribution in [0, 0.1) is 11.8 Å². The fourth-order valence-electron chi connectivity index (χ4n) is 5.43. The van der Waals surface area contributed by atoms with E-state index < -0.39 is 0 Å². The Morgan fingerprint density at radius 3 is 3.14 bits per heavy atom. The van der Waals surface area contributed by atoms with Gasteiger partial charge >= 0.3 is 0 Å². The van der Waals surface area contributed by atoms with Crippen LogP contribution < -0.4 is 15.4 Å². The molecule has 5 rings (SSSR count). The predicted octanol–water partition coefficient (Wildman–Crippen LogP) is 2.52. The molecule has 0 amide bonds. The smallest absolute Gasteiger partial charge is 0.196 e. The molecule has 2 fully saturated rings. The van der Waals surface area contributed by atoms with Crippen molar-refractivity contribution in [3.8, 4) is 5.75 Å². The van der Waals surface area contributed by atoms with E-state index in [1.54, 1.807) is 5.92 Å². The molecule has 113 valence electrons. The summed E-state index contributed by atoms with van der Waals surface area (Å²) in [5.74, 6) is 3.19. The van der Waals surface area contributed by atoms with Crippen LogP contribution in [0.2, 0.25) is 0 Å². The van der Waals surface area contributed by atoms with Gasteiger partial charge in [0.05, 0.1) is 11.4 Å². The normalized spacial score (nSPS) is 38.1. The van der Waals surface area contributed by atoms with Crippen molar-refractivity contribution >= 4 is 13.8 Å². The molecular weight excluding hydrogens is 370 g/mol. The number of hydrogen-bond acceptors (Lipinski definition) is 3. The van der Waals surface area contributed by atoms with Gasteiger partial charge in [-0.3, -0.25) is 10.5 Å². The number of nitrogens with one attached hydrogen (secondary N) is 1. The fraction of sp³-hybridized carbons (Fsp3) is 0.588. The molecule has 2 heterocycles. The number of piperidine rings is 1. The van der Waals surface area contributed by atoms with Crippen LogP contribution in [-0.4, -0.2) is 18.7 Å². The summed E-state index contributed by atoms with van der Waals surface area (Å²) in [4.78, 5) is 0. The van der Waals surface area contributed by atoms with Gasteiger partial charge in [0, 0.05) is 32.7 Å². The maximum Gasteiger partial charge on any atom is 0.196 e. The molecule has 2 bridgehead atoms. The van der Waals surface area contributed by atoms with E-state index in [1.807, 2.05) is 6.07 Å². The van der Waals surface area contributed by atoms with Crippen LogP contribution in [0.3, 0.4) is 0 Å². The maximum absolute atomic E-state index is 11.5. The Bertz CT molecular complexity index is 652. The van der Waals surface area contributed by atoms with Crippen LogP contribution in [0.15, 0.2) is 12.1 Å². The van der Waals surface area contributed by atoms with Crippen LogP contribution >= 0.6 is 8.46 Å². The second kappa shape index (κ2) is 5.34. The van der Waals surface area contributed by atoms with Gasteiger partial charge in [0.25, 0.3) is 0 Å². The van der Waals surface area contributed by atoms with Crippen molar-refractivity contribution in [1.82, 2.24) is 5.32 Å². The molecule has 1 unspecified atom stereocenters. The Morgan fingerprint density at radius 1 is 1.45 bits per heavy atom. The van der Waals surface area contributed by atoms with Gasteiger partial charge < -0.3 is 10.1 Å². The van der Waals surface area contributed by atoms with E-state index in [4.69, 9.17) is 4.74 Å². The molecule has 0 aromatic heterocycles. The summed E-state index contributed by atoms with van der Waals surface area (Å²) >= 11 is 0. The molecule has 3 nitrogen and oxygen atoms in total. The average Bonchev–Trinajstić information content (AvgIpc) is 2.83. The first-order chi connectivity index (χ1) is 10.3. The van der Waals surface area contributed by atoms with Crippen LogP contribution in [0.1, 0.15) is 37.3 Å². The van der Waals surface area contributed by atoms with Gasteiger partial charge in [-0.25, -0.2) is 0 Å². The summed E-state index contributed by atoms with van der Waals surface area (Å²) in [7, 11) is 0.0811. The number of hydrogen-bond donors (Lipinski definition) is 1. The summed E-state index contributed by atoms with van der Waals surface area (Å²) in [6.07, 6.45) is 4.89.